The number of benzene rings is 2. The van der Waals surface area contributed by atoms with Gasteiger partial charge in [0.2, 0.25) is 0 Å². The van der Waals surface area contributed by atoms with E-state index in [1.165, 1.54) is 12.1 Å². The highest BCUT2D eigenvalue weighted by Crippen LogP contribution is 2.30. The van der Waals surface area contributed by atoms with E-state index >= 15 is 0 Å². The number of aromatic carboxylic acids is 1. The Bertz CT molecular complexity index is 731. The Morgan fingerprint density at radius 1 is 1.24 bits per heavy atom. The lowest BCUT2D eigenvalue weighted by atomic mass is 10.1. The van der Waals surface area contributed by atoms with Crippen LogP contribution in [0.5, 0.6) is 0 Å². The number of nitro groups is 1. The van der Waals surface area contributed by atoms with Crippen molar-refractivity contribution >= 4 is 34.6 Å². The van der Waals surface area contributed by atoms with Crippen LogP contribution in [0.3, 0.4) is 0 Å². The van der Waals surface area contributed by atoms with E-state index < -0.39 is 10.9 Å². The van der Waals surface area contributed by atoms with Gasteiger partial charge in [0, 0.05) is 12.1 Å². The molecule has 0 aliphatic heterocycles. The Morgan fingerprint density at radius 3 is 2.57 bits per heavy atom. The minimum absolute atomic E-state index is 0.193. The number of nitrogens with zero attached hydrogens (tertiary/aromatic N) is 1. The molecule has 2 N–H and O–H groups in total. The number of non-ortho nitro benzene ring substituents is 1. The molecular weight excluding hydrogens is 296 g/mol. The summed E-state index contributed by atoms with van der Waals surface area (Å²) < 4.78 is 0. The van der Waals surface area contributed by atoms with Crippen molar-refractivity contribution in [2.75, 3.05) is 5.32 Å². The largest absolute Gasteiger partial charge is 0.478 e. The second kappa shape index (κ2) is 5.80. The number of carbonyl (C=O) groups is 1. The summed E-state index contributed by atoms with van der Waals surface area (Å²) in [6.45, 7) is 1.87. The molecule has 0 saturated carbocycles. The second-order valence-corrected chi connectivity index (χ2v) is 4.81. The van der Waals surface area contributed by atoms with Crippen LogP contribution < -0.4 is 5.32 Å². The Balaban J connectivity index is 2.46. The topological polar surface area (TPSA) is 92.5 Å². The monoisotopic (exact) mass is 306 g/mol. The number of nitro benzene ring substituents is 1. The maximum absolute atomic E-state index is 11.2. The summed E-state index contributed by atoms with van der Waals surface area (Å²) in [7, 11) is 0. The second-order valence-electron chi connectivity index (χ2n) is 4.40. The first kappa shape index (κ1) is 14.8. The van der Waals surface area contributed by atoms with Gasteiger partial charge in [0.25, 0.3) is 5.69 Å². The van der Waals surface area contributed by atoms with Crippen LogP contribution in [-0.2, 0) is 0 Å². The molecule has 0 saturated heterocycles. The zero-order valence-electron chi connectivity index (χ0n) is 11.0. The van der Waals surface area contributed by atoms with E-state index in [4.69, 9.17) is 11.6 Å². The van der Waals surface area contributed by atoms with E-state index in [1.807, 2.05) is 13.0 Å². The average molecular weight is 307 g/mol. The standard InChI is InChI=1S/C14H11ClN2O4/c1-8-2-4-11(15)13(6-8)16-12-5-3-9(17(20)21)7-10(12)14(18)19/h2-7,16H,1H3,(H,18,19). The summed E-state index contributed by atoms with van der Waals surface area (Å²) in [6.07, 6.45) is 0. The van der Waals surface area contributed by atoms with Crippen molar-refractivity contribution in [3.8, 4) is 0 Å². The Labute approximate surface area is 125 Å². The first-order valence-corrected chi connectivity index (χ1v) is 6.31. The van der Waals surface area contributed by atoms with E-state index in [1.54, 1.807) is 12.1 Å². The summed E-state index contributed by atoms with van der Waals surface area (Å²) in [5.41, 5.74) is 1.24. The van der Waals surface area contributed by atoms with Gasteiger partial charge < -0.3 is 10.4 Å². The van der Waals surface area contributed by atoms with Gasteiger partial charge in [-0.25, -0.2) is 4.79 Å². The molecule has 0 aliphatic carbocycles. The number of aryl methyl sites for hydroxylation is 1. The summed E-state index contributed by atoms with van der Waals surface area (Å²) >= 11 is 6.04. The van der Waals surface area contributed by atoms with Crippen LogP contribution in [0.4, 0.5) is 17.1 Å². The molecule has 0 aromatic heterocycles. The van der Waals surface area contributed by atoms with Gasteiger partial charge in [-0.15, -0.1) is 0 Å². The van der Waals surface area contributed by atoms with Crippen molar-refractivity contribution in [2.24, 2.45) is 0 Å². The fourth-order valence-electron chi connectivity index (χ4n) is 1.81. The maximum atomic E-state index is 11.2. The number of carboxylic acids is 1. The van der Waals surface area contributed by atoms with Crippen LogP contribution in [0, 0.1) is 17.0 Å². The first-order chi connectivity index (χ1) is 9.88. The van der Waals surface area contributed by atoms with Crippen LogP contribution in [0.25, 0.3) is 0 Å². The highest BCUT2D eigenvalue weighted by Gasteiger charge is 2.16. The molecule has 0 bridgehead atoms. The SMILES string of the molecule is Cc1ccc(Cl)c(Nc2ccc([N+](=O)[O-])cc2C(=O)O)c1. The number of halogens is 1. The molecule has 2 aromatic carbocycles. The number of rotatable bonds is 4. The maximum Gasteiger partial charge on any atom is 0.338 e. The predicted molar refractivity (Wildman–Crippen MR) is 79.5 cm³/mol. The van der Waals surface area contributed by atoms with Crippen molar-refractivity contribution in [1.82, 2.24) is 0 Å². The zero-order valence-corrected chi connectivity index (χ0v) is 11.7. The van der Waals surface area contributed by atoms with Gasteiger partial charge in [0.05, 0.1) is 26.9 Å². The fourth-order valence-corrected chi connectivity index (χ4v) is 1.98. The van der Waals surface area contributed by atoms with Crippen LogP contribution in [0.2, 0.25) is 5.02 Å². The fraction of sp³-hybridized carbons (Fsp3) is 0.0714. The van der Waals surface area contributed by atoms with Crippen LogP contribution >= 0.6 is 11.6 Å². The smallest absolute Gasteiger partial charge is 0.338 e. The lowest BCUT2D eigenvalue weighted by Gasteiger charge is -2.11. The first-order valence-electron chi connectivity index (χ1n) is 5.93. The number of hydrogen-bond acceptors (Lipinski definition) is 4. The molecule has 0 amide bonds. The highest BCUT2D eigenvalue weighted by molar-refractivity contribution is 6.33. The molecule has 0 fully saturated rings. The van der Waals surface area contributed by atoms with Crippen molar-refractivity contribution in [3.63, 3.8) is 0 Å². The molecular formula is C14H11ClN2O4. The number of nitrogens with one attached hydrogen (secondary N) is 1. The molecule has 108 valence electrons. The van der Waals surface area contributed by atoms with Crippen molar-refractivity contribution < 1.29 is 14.8 Å². The summed E-state index contributed by atoms with van der Waals surface area (Å²) in [5, 5.41) is 23.2. The lowest BCUT2D eigenvalue weighted by Crippen LogP contribution is -2.04. The van der Waals surface area contributed by atoms with E-state index in [2.05, 4.69) is 5.32 Å². The van der Waals surface area contributed by atoms with Gasteiger partial charge in [0.1, 0.15) is 0 Å². The quantitative estimate of drug-likeness (QED) is 0.658. The molecule has 0 spiro atoms. The van der Waals surface area contributed by atoms with E-state index in [0.29, 0.717) is 10.7 Å². The molecule has 0 radical (unpaired) electrons. The molecule has 2 aromatic rings. The van der Waals surface area contributed by atoms with Crippen molar-refractivity contribution in [3.05, 3.63) is 62.7 Å². The third-order valence-electron chi connectivity index (χ3n) is 2.84. The zero-order chi connectivity index (χ0) is 15.6. The average Bonchev–Trinajstić information content (AvgIpc) is 2.42. The van der Waals surface area contributed by atoms with Crippen molar-refractivity contribution in [1.29, 1.82) is 0 Å². The van der Waals surface area contributed by atoms with Crippen LogP contribution in [0.15, 0.2) is 36.4 Å². The van der Waals surface area contributed by atoms with Gasteiger partial charge in [-0.3, -0.25) is 10.1 Å². The summed E-state index contributed by atoms with van der Waals surface area (Å²) in [4.78, 5) is 21.3. The molecule has 7 heteroatoms. The summed E-state index contributed by atoms with van der Waals surface area (Å²) in [5.74, 6) is -1.26. The molecule has 6 nitrogen and oxygen atoms in total. The lowest BCUT2D eigenvalue weighted by molar-refractivity contribution is -0.384. The predicted octanol–water partition coefficient (Wildman–Crippen LogP) is 4.00. The van der Waals surface area contributed by atoms with E-state index in [9.17, 15) is 20.0 Å². The third-order valence-corrected chi connectivity index (χ3v) is 3.17. The molecule has 0 heterocycles. The van der Waals surface area contributed by atoms with E-state index in [-0.39, 0.29) is 16.9 Å². The van der Waals surface area contributed by atoms with Gasteiger partial charge >= 0.3 is 5.97 Å². The van der Waals surface area contributed by atoms with Crippen molar-refractivity contribution in [2.45, 2.75) is 6.92 Å². The normalized spacial score (nSPS) is 10.2. The minimum atomic E-state index is -1.26. The third kappa shape index (κ3) is 3.29. The molecule has 0 unspecified atom stereocenters. The van der Waals surface area contributed by atoms with Gasteiger partial charge in [-0.2, -0.15) is 0 Å². The minimum Gasteiger partial charge on any atom is -0.478 e. The molecule has 2 rings (SSSR count). The van der Waals surface area contributed by atoms with E-state index in [0.717, 1.165) is 11.6 Å². The molecule has 0 aliphatic rings. The van der Waals surface area contributed by atoms with Gasteiger partial charge in [-0.05, 0) is 30.7 Å². The number of hydrogen-bond donors (Lipinski definition) is 2. The number of carboxylic acid groups (broad SMARTS) is 1. The summed E-state index contributed by atoms with van der Waals surface area (Å²) in [6, 6.07) is 8.86. The molecule has 0 atom stereocenters. The van der Waals surface area contributed by atoms with Gasteiger partial charge in [-0.1, -0.05) is 17.7 Å². The Morgan fingerprint density at radius 2 is 1.95 bits per heavy atom. The van der Waals surface area contributed by atoms with Crippen LogP contribution in [-0.4, -0.2) is 16.0 Å². The number of anilines is 2. The highest BCUT2D eigenvalue weighted by atomic mass is 35.5. The Hall–Kier alpha value is -2.60. The van der Waals surface area contributed by atoms with Gasteiger partial charge in [0.15, 0.2) is 0 Å². The van der Waals surface area contributed by atoms with Crippen LogP contribution in [0.1, 0.15) is 15.9 Å². The Kier molecular flexibility index (Phi) is 4.09. The molecule has 21 heavy (non-hydrogen) atoms.